The zero-order chi connectivity index (χ0) is 8.36. The molecule has 0 saturated carbocycles. The molecule has 0 bridgehead atoms. The first-order valence-electron chi connectivity index (χ1n) is 4.67. The van der Waals surface area contributed by atoms with Gasteiger partial charge in [0.05, 0.1) is 0 Å². The van der Waals surface area contributed by atoms with E-state index in [1.54, 1.807) is 0 Å². The predicted octanol–water partition coefficient (Wildman–Crippen LogP) is 3.83. The molecule has 0 aromatic rings. The lowest BCUT2D eigenvalue weighted by atomic mass is 10.2. The molecule has 0 spiro atoms. The van der Waals surface area contributed by atoms with Gasteiger partial charge in [-0.15, -0.1) is 0 Å². The lowest BCUT2D eigenvalue weighted by molar-refractivity contribution is 0.733. The highest BCUT2D eigenvalue weighted by molar-refractivity contribution is 7.80. The van der Waals surface area contributed by atoms with Crippen molar-refractivity contribution in [2.24, 2.45) is 0 Å². The molecule has 0 aromatic carbocycles. The van der Waals surface area contributed by atoms with Gasteiger partial charge in [-0.1, -0.05) is 31.9 Å². The van der Waals surface area contributed by atoms with Crippen LogP contribution in [0.25, 0.3) is 0 Å². The molecule has 11 heavy (non-hydrogen) atoms. The van der Waals surface area contributed by atoms with Crippen molar-refractivity contribution >= 4 is 12.6 Å². The number of unbranched alkanes of at least 4 members (excludes halogenated alkanes) is 4. The van der Waals surface area contributed by atoms with Gasteiger partial charge in [0, 0.05) is 0 Å². The van der Waals surface area contributed by atoms with Gasteiger partial charge in [0.15, 0.2) is 0 Å². The standard InChI is InChI=1S/C10H20S/c1-2-3-4-5-6-7-8-9-10-11/h4-5,11H,2-3,6-10H2,1H3/b5-4-. The number of thiol groups is 1. The fourth-order valence-electron chi connectivity index (χ4n) is 0.953. The summed E-state index contributed by atoms with van der Waals surface area (Å²) in [5.41, 5.74) is 0. The fraction of sp³-hybridized carbons (Fsp3) is 0.800. The van der Waals surface area contributed by atoms with Crippen molar-refractivity contribution < 1.29 is 0 Å². The first-order valence-corrected chi connectivity index (χ1v) is 5.31. The Morgan fingerprint density at radius 1 is 1.00 bits per heavy atom. The Balaban J connectivity index is 2.89. The predicted molar refractivity (Wildman–Crippen MR) is 56.4 cm³/mol. The van der Waals surface area contributed by atoms with Crippen LogP contribution >= 0.6 is 12.6 Å². The van der Waals surface area contributed by atoms with Gasteiger partial charge in [-0.2, -0.15) is 12.6 Å². The summed E-state index contributed by atoms with van der Waals surface area (Å²) in [6, 6.07) is 0. The zero-order valence-electron chi connectivity index (χ0n) is 7.55. The van der Waals surface area contributed by atoms with Gasteiger partial charge in [0.2, 0.25) is 0 Å². The molecule has 1 heteroatoms. The van der Waals surface area contributed by atoms with Crippen molar-refractivity contribution in [3.63, 3.8) is 0 Å². The van der Waals surface area contributed by atoms with E-state index in [-0.39, 0.29) is 0 Å². The molecule has 0 aliphatic heterocycles. The van der Waals surface area contributed by atoms with Gasteiger partial charge in [-0.05, 0) is 31.4 Å². The maximum atomic E-state index is 4.16. The van der Waals surface area contributed by atoms with Gasteiger partial charge >= 0.3 is 0 Å². The van der Waals surface area contributed by atoms with Crippen LogP contribution in [0.1, 0.15) is 45.4 Å². The average molecular weight is 172 g/mol. The fourth-order valence-corrected chi connectivity index (χ4v) is 1.18. The van der Waals surface area contributed by atoms with E-state index in [9.17, 15) is 0 Å². The Hall–Kier alpha value is 0.0900. The first kappa shape index (κ1) is 11.1. The third-order valence-corrected chi connectivity index (χ3v) is 1.97. The van der Waals surface area contributed by atoms with Crippen molar-refractivity contribution in [1.29, 1.82) is 0 Å². The molecule has 0 aliphatic carbocycles. The Morgan fingerprint density at radius 2 is 1.73 bits per heavy atom. The SMILES string of the molecule is CCC/C=C\CCCCCS. The van der Waals surface area contributed by atoms with E-state index >= 15 is 0 Å². The molecule has 0 fully saturated rings. The summed E-state index contributed by atoms with van der Waals surface area (Å²) in [6.07, 6.45) is 12.3. The molecule has 0 unspecified atom stereocenters. The summed E-state index contributed by atoms with van der Waals surface area (Å²) in [7, 11) is 0. The zero-order valence-corrected chi connectivity index (χ0v) is 8.45. The lowest BCUT2D eigenvalue weighted by Crippen LogP contribution is -1.76. The normalized spacial score (nSPS) is 11.1. The molecule has 0 radical (unpaired) electrons. The van der Waals surface area contributed by atoms with Crippen LogP contribution < -0.4 is 0 Å². The van der Waals surface area contributed by atoms with E-state index in [1.807, 2.05) is 0 Å². The lowest BCUT2D eigenvalue weighted by Gasteiger charge is -1.93. The van der Waals surface area contributed by atoms with Gasteiger partial charge < -0.3 is 0 Å². The smallest absolute Gasteiger partial charge is 0.00979 e. The first-order chi connectivity index (χ1) is 5.41. The molecule has 66 valence electrons. The van der Waals surface area contributed by atoms with Gasteiger partial charge in [0.25, 0.3) is 0 Å². The van der Waals surface area contributed by atoms with E-state index < -0.39 is 0 Å². The minimum Gasteiger partial charge on any atom is -0.179 e. The molecule has 0 rings (SSSR count). The minimum absolute atomic E-state index is 1.04. The van der Waals surface area contributed by atoms with Crippen molar-refractivity contribution in [2.75, 3.05) is 5.75 Å². The highest BCUT2D eigenvalue weighted by Crippen LogP contribution is 2.02. The van der Waals surface area contributed by atoms with Crippen LogP contribution in [0.3, 0.4) is 0 Å². The van der Waals surface area contributed by atoms with Gasteiger partial charge in [-0.25, -0.2) is 0 Å². The second-order valence-corrected chi connectivity index (χ2v) is 3.28. The molecule has 0 heterocycles. The maximum Gasteiger partial charge on any atom is -0.00979 e. The van der Waals surface area contributed by atoms with Crippen molar-refractivity contribution in [2.45, 2.75) is 45.4 Å². The molecule has 0 atom stereocenters. The monoisotopic (exact) mass is 172 g/mol. The largest absolute Gasteiger partial charge is 0.179 e. The minimum atomic E-state index is 1.04. The highest BCUT2D eigenvalue weighted by atomic mass is 32.1. The summed E-state index contributed by atoms with van der Waals surface area (Å²) in [5.74, 6) is 1.04. The molecule has 0 aliphatic rings. The summed E-state index contributed by atoms with van der Waals surface area (Å²) < 4.78 is 0. The summed E-state index contributed by atoms with van der Waals surface area (Å²) in [4.78, 5) is 0. The maximum absolute atomic E-state index is 4.16. The van der Waals surface area contributed by atoms with Crippen LogP contribution in [0.15, 0.2) is 12.2 Å². The van der Waals surface area contributed by atoms with Crippen LogP contribution in [0.4, 0.5) is 0 Å². The van der Waals surface area contributed by atoms with E-state index in [0.29, 0.717) is 0 Å². The van der Waals surface area contributed by atoms with E-state index in [4.69, 9.17) is 0 Å². The summed E-state index contributed by atoms with van der Waals surface area (Å²) >= 11 is 4.16. The van der Waals surface area contributed by atoms with Crippen LogP contribution in [0.5, 0.6) is 0 Å². The van der Waals surface area contributed by atoms with Crippen LogP contribution in [0, 0.1) is 0 Å². The quantitative estimate of drug-likeness (QED) is 0.337. The molecular weight excluding hydrogens is 152 g/mol. The van der Waals surface area contributed by atoms with Crippen molar-refractivity contribution in [3.05, 3.63) is 12.2 Å². The summed E-state index contributed by atoms with van der Waals surface area (Å²) in [5, 5.41) is 0. The molecule has 0 nitrogen and oxygen atoms in total. The van der Waals surface area contributed by atoms with Crippen LogP contribution in [0.2, 0.25) is 0 Å². The Kier molecular flexibility index (Phi) is 10.2. The van der Waals surface area contributed by atoms with E-state index in [1.165, 1.54) is 38.5 Å². The topological polar surface area (TPSA) is 0 Å². The Bertz CT molecular complexity index is 86.9. The molecule has 0 N–H and O–H groups in total. The van der Waals surface area contributed by atoms with Crippen LogP contribution in [-0.2, 0) is 0 Å². The van der Waals surface area contributed by atoms with Crippen LogP contribution in [-0.4, -0.2) is 5.75 Å². The third-order valence-electron chi connectivity index (χ3n) is 1.65. The highest BCUT2D eigenvalue weighted by Gasteiger charge is 1.83. The molecule has 0 saturated heterocycles. The Morgan fingerprint density at radius 3 is 2.36 bits per heavy atom. The van der Waals surface area contributed by atoms with E-state index in [0.717, 1.165) is 5.75 Å². The number of hydrogen-bond acceptors (Lipinski definition) is 1. The number of allylic oxidation sites excluding steroid dienone is 2. The molecular formula is C10H20S. The van der Waals surface area contributed by atoms with Gasteiger partial charge in [0.1, 0.15) is 0 Å². The van der Waals surface area contributed by atoms with E-state index in [2.05, 4.69) is 31.7 Å². The van der Waals surface area contributed by atoms with Crippen molar-refractivity contribution in [1.82, 2.24) is 0 Å². The molecule has 0 aromatic heterocycles. The third kappa shape index (κ3) is 10.1. The number of hydrogen-bond donors (Lipinski definition) is 1. The Labute approximate surface area is 76.5 Å². The second-order valence-electron chi connectivity index (χ2n) is 2.83. The van der Waals surface area contributed by atoms with Gasteiger partial charge in [-0.3, -0.25) is 0 Å². The average Bonchev–Trinajstić information content (AvgIpc) is 2.03. The molecule has 0 amide bonds. The second kappa shape index (κ2) is 10.1. The van der Waals surface area contributed by atoms with Crippen molar-refractivity contribution in [3.8, 4) is 0 Å². The summed E-state index contributed by atoms with van der Waals surface area (Å²) in [6.45, 7) is 2.21. The number of rotatable bonds is 7.